The number of aliphatic carboxylic acids is 1. The van der Waals surface area contributed by atoms with Gasteiger partial charge in [0.1, 0.15) is 0 Å². The number of amides is 1. The van der Waals surface area contributed by atoms with Crippen molar-refractivity contribution >= 4 is 11.9 Å². The first-order valence-electron chi connectivity index (χ1n) is 7.65. The van der Waals surface area contributed by atoms with Gasteiger partial charge in [0.15, 0.2) is 0 Å². The number of hydrogen-bond donors (Lipinski definition) is 1. The molecule has 0 aromatic carbocycles. The fourth-order valence-electron chi connectivity index (χ4n) is 3.13. The van der Waals surface area contributed by atoms with Gasteiger partial charge in [-0.1, -0.05) is 19.8 Å². The molecule has 19 heavy (non-hydrogen) atoms. The van der Waals surface area contributed by atoms with Gasteiger partial charge in [0.2, 0.25) is 5.91 Å². The molecule has 0 radical (unpaired) electrons. The van der Waals surface area contributed by atoms with Crippen molar-refractivity contribution < 1.29 is 14.7 Å². The molecule has 2 fully saturated rings. The van der Waals surface area contributed by atoms with E-state index >= 15 is 0 Å². The molecule has 0 spiro atoms. The number of hydrogen-bond acceptors (Lipinski definition) is 2. The van der Waals surface area contributed by atoms with Gasteiger partial charge in [-0.3, -0.25) is 9.59 Å². The average Bonchev–Trinajstić information content (AvgIpc) is 3.21. The van der Waals surface area contributed by atoms with E-state index in [2.05, 4.69) is 6.92 Å². The molecule has 0 bridgehead atoms. The van der Waals surface area contributed by atoms with Crippen molar-refractivity contribution in [1.82, 2.24) is 4.90 Å². The van der Waals surface area contributed by atoms with Crippen LogP contribution in [0.15, 0.2) is 0 Å². The monoisotopic (exact) mass is 267 g/mol. The number of carboxylic acid groups (broad SMARTS) is 1. The molecular weight excluding hydrogens is 242 g/mol. The number of carboxylic acids is 1. The van der Waals surface area contributed by atoms with E-state index in [0.717, 1.165) is 38.8 Å². The van der Waals surface area contributed by atoms with Crippen LogP contribution in [-0.4, -0.2) is 35.0 Å². The highest BCUT2D eigenvalue weighted by molar-refractivity contribution is 5.85. The molecule has 1 N–H and O–H groups in total. The standard InChI is InChI=1S/C15H25NO3/c1-2-9-16(10-11-7-8-11)14(17)12-5-3-4-6-13(12)15(18)19/h11-13H,2-10H2,1H3,(H,18,19). The summed E-state index contributed by atoms with van der Waals surface area (Å²) in [6.45, 7) is 3.69. The number of rotatable bonds is 6. The van der Waals surface area contributed by atoms with Crippen LogP contribution < -0.4 is 0 Å². The number of carbonyl (C=O) groups is 2. The van der Waals surface area contributed by atoms with E-state index < -0.39 is 11.9 Å². The molecule has 2 rings (SSSR count). The highest BCUT2D eigenvalue weighted by Crippen LogP contribution is 2.34. The summed E-state index contributed by atoms with van der Waals surface area (Å²) in [4.78, 5) is 25.9. The summed E-state index contributed by atoms with van der Waals surface area (Å²) in [6.07, 6.45) is 6.74. The molecule has 0 aromatic heterocycles. The van der Waals surface area contributed by atoms with Crippen molar-refractivity contribution in [1.29, 1.82) is 0 Å². The van der Waals surface area contributed by atoms with Crippen molar-refractivity contribution in [3.05, 3.63) is 0 Å². The van der Waals surface area contributed by atoms with E-state index in [1.807, 2.05) is 4.90 Å². The van der Waals surface area contributed by atoms with E-state index in [4.69, 9.17) is 0 Å². The molecule has 0 aromatic rings. The largest absolute Gasteiger partial charge is 0.481 e. The molecule has 108 valence electrons. The Hall–Kier alpha value is -1.06. The zero-order valence-corrected chi connectivity index (χ0v) is 11.8. The van der Waals surface area contributed by atoms with E-state index in [0.29, 0.717) is 12.3 Å². The topological polar surface area (TPSA) is 57.6 Å². The maximum atomic E-state index is 12.6. The lowest BCUT2D eigenvalue weighted by Crippen LogP contribution is -2.43. The van der Waals surface area contributed by atoms with Crippen LogP contribution >= 0.6 is 0 Å². The van der Waals surface area contributed by atoms with Gasteiger partial charge in [-0.05, 0) is 38.0 Å². The minimum Gasteiger partial charge on any atom is -0.481 e. The van der Waals surface area contributed by atoms with Crippen LogP contribution in [0.1, 0.15) is 51.9 Å². The van der Waals surface area contributed by atoms with Crippen molar-refractivity contribution in [2.45, 2.75) is 51.9 Å². The van der Waals surface area contributed by atoms with Gasteiger partial charge in [-0.25, -0.2) is 0 Å². The Kier molecular flexibility index (Phi) is 4.83. The Balaban J connectivity index is 2.02. The molecule has 4 heteroatoms. The fraction of sp³-hybridized carbons (Fsp3) is 0.867. The summed E-state index contributed by atoms with van der Waals surface area (Å²) in [5, 5.41) is 9.29. The molecule has 0 saturated heterocycles. The normalized spacial score (nSPS) is 27.0. The highest BCUT2D eigenvalue weighted by Gasteiger charge is 2.38. The third kappa shape index (κ3) is 3.71. The highest BCUT2D eigenvalue weighted by atomic mass is 16.4. The van der Waals surface area contributed by atoms with E-state index in [9.17, 15) is 14.7 Å². The van der Waals surface area contributed by atoms with Gasteiger partial charge >= 0.3 is 5.97 Å². The first kappa shape index (κ1) is 14.4. The van der Waals surface area contributed by atoms with Crippen LogP contribution in [0.2, 0.25) is 0 Å². The molecule has 0 heterocycles. The number of carbonyl (C=O) groups excluding carboxylic acids is 1. The molecular formula is C15H25NO3. The van der Waals surface area contributed by atoms with Gasteiger partial charge in [-0.15, -0.1) is 0 Å². The van der Waals surface area contributed by atoms with Crippen LogP contribution in [0.3, 0.4) is 0 Å². The Labute approximate surface area is 115 Å². The van der Waals surface area contributed by atoms with Crippen LogP contribution in [-0.2, 0) is 9.59 Å². The minimum absolute atomic E-state index is 0.0980. The quantitative estimate of drug-likeness (QED) is 0.804. The molecule has 2 aliphatic rings. The van der Waals surface area contributed by atoms with Crippen LogP contribution in [0.4, 0.5) is 0 Å². The summed E-state index contributed by atoms with van der Waals surface area (Å²) >= 11 is 0. The second-order valence-corrected chi connectivity index (χ2v) is 6.06. The third-order valence-corrected chi connectivity index (χ3v) is 4.38. The fourth-order valence-corrected chi connectivity index (χ4v) is 3.13. The van der Waals surface area contributed by atoms with E-state index in [1.54, 1.807) is 0 Å². The smallest absolute Gasteiger partial charge is 0.307 e. The first-order chi connectivity index (χ1) is 9.13. The molecule has 1 amide bonds. The maximum absolute atomic E-state index is 12.6. The van der Waals surface area contributed by atoms with Crippen molar-refractivity contribution in [3.8, 4) is 0 Å². The Morgan fingerprint density at radius 1 is 1.11 bits per heavy atom. The van der Waals surface area contributed by atoms with Gasteiger partial charge in [0, 0.05) is 13.1 Å². The van der Waals surface area contributed by atoms with Crippen molar-refractivity contribution in [2.24, 2.45) is 17.8 Å². The summed E-state index contributed by atoms with van der Waals surface area (Å²) in [5.41, 5.74) is 0. The Morgan fingerprint density at radius 2 is 1.74 bits per heavy atom. The SMILES string of the molecule is CCCN(CC1CC1)C(=O)C1CCCCC1C(=O)O. The predicted molar refractivity (Wildman–Crippen MR) is 72.7 cm³/mol. The van der Waals surface area contributed by atoms with Crippen LogP contribution in [0.5, 0.6) is 0 Å². The summed E-state index contributed by atoms with van der Waals surface area (Å²) in [6, 6.07) is 0. The lowest BCUT2D eigenvalue weighted by Gasteiger charge is -2.32. The van der Waals surface area contributed by atoms with Crippen LogP contribution in [0.25, 0.3) is 0 Å². The molecule has 2 aliphatic carbocycles. The van der Waals surface area contributed by atoms with E-state index in [-0.39, 0.29) is 11.8 Å². The second-order valence-electron chi connectivity index (χ2n) is 6.06. The molecule has 2 unspecified atom stereocenters. The number of nitrogens with zero attached hydrogens (tertiary/aromatic N) is 1. The predicted octanol–water partition coefficient (Wildman–Crippen LogP) is 2.53. The Bertz CT molecular complexity index is 338. The zero-order chi connectivity index (χ0) is 13.8. The summed E-state index contributed by atoms with van der Waals surface area (Å²) in [5.74, 6) is -0.763. The summed E-state index contributed by atoms with van der Waals surface area (Å²) < 4.78 is 0. The second kappa shape index (κ2) is 6.40. The van der Waals surface area contributed by atoms with Gasteiger partial charge in [-0.2, -0.15) is 0 Å². The molecule has 2 atom stereocenters. The van der Waals surface area contributed by atoms with Gasteiger partial charge in [0.25, 0.3) is 0 Å². The summed E-state index contributed by atoms with van der Waals surface area (Å²) in [7, 11) is 0. The zero-order valence-electron chi connectivity index (χ0n) is 11.8. The lowest BCUT2D eigenvalue weighted by molar-refractivity contribution is -0.152. The molecule has 0 aliphatic heterocycles. The Morgan fingerprint density at radius 3 is 2.26 bits per heavy atom. The lowest BCUT2D eigenvalue weighted by atomic mass is 9.78. The van der Waals surface area contributed by atoms with Gasteiger partial charge < -0.3 is 10.0 Å². The third-order valence-electron chi connectivity index (χ3n) is 4.38. The molecule has 4 nitrogen and oxygen atoms in total. The van der Waals surface area contributed by atoms with Crippen molar-refractivity contribution in [3.63, 3.8) is 0 Å². The maximum Gasteiger partial charge on any atom is 0.307 e. The minimum atomic E-state index is -0.791. The first-order valence-corrected chi connectivity index (χ1v) is 7.65. The molecule has 2 saturated carbocycles. The van der Waals surface area contributed by atoms with Gasteiger partial charge in [0.05, 0.1) is 11.8 Å². The average molecular weight is 267 g/mol. The van der Waals surface area contributed by atoms with Crippen molar-refractivity contribution in [2.75, 3.05) is 13.1 Å². The van der Waals surface area contributed by atoms with Crippen LogP contribution in [0, 0.1) is 17.8 Å². The van der Waals surface area contributed by atoms with E-state index in [1.165, 1.54) is 12.8 Å².